The van der Waals surface area contributed by atoms with Gasteiger partial charge in [-0.25, -0.2) is 0 Å². The van der Waals surface area contributed by atoms with Crippen molar-refractivity contribution in [2.45, 2.75) is 25.7 Å². The van der Waals surface area contributed by atoms with Crippen LogP contribution in [0.4, 0.5) is 0 Å². The third-order valence-electron chi connectivity index (χ3n) is 5.21. The lowest BCUT2D eigenvalue weighted by molar-refractivity contribution is -0.159. The van der Waals surface area contributed by atoms with Crippen molar-refractivity contribution in [3.63, 3.8) is 0 Å². The van der Waals surface area contributed by atoms with Crippen LogP contribution in [0.25, 0.3) is 0 Å². The van der Waals surface area contributed by atoms with Gasteiger partial charge in [0.15, 0.2) is 0 Å². The summed E-state index contributed by atoms with van der Waals surface area (Å²) in [4.78, 5) is 23.9. The summed E-state index contributed by atoms with van der Waals surface area (Å²) in [5, 5.41) is 19.6. The minimum absolute atomic E-state index is 0.509. The predicted molar refractivity (Wildman–Crippen MR) is 90.1 cm³/mol. The van der Waals surface area contributed by atoms with Crippen LogP contribution in [0.3, 0.4) is 0 Å². The molecular weight excluding hydrogens is 304 g/mol. The highest BCUT2D eigenvalue weighted by Crippen LogP contribution is 2.58. The normalized spacial score (nSPS) is 25.8. The van der Waals surface area contributed by atoms with Crippen LogP contribution in [-0.4, -0.2) is 22.2 Å². The highest BCUT2D eigenvalue weighted by Gasteiger charge is 2.59. The molecule has 124 valence electrons. The number of aryl methyl sites for hydroxylation is 2. The summed E-state index contributed by atoms with van der Waals surface area (Å²) in [6.45, 7) is 3.79. The quantitative estimate of drug-likeness (QED) is 0.901. The van der Waals surface area contributed by atoms with E-state index in [1.807, 2.05) is 62.4 Å². The summed E-state index contributed by atoms with van der Waals surface area (Å²) in [5.41, 5.74) is 3.51. The Balaban J connectivity index is 2.11. The molecule has 0 atom stereocenters. The van der Waals surface area contributed by atoms with Crippen molar-refractivity contribution in [1.82, 2.24) is 0 Å². The molecule has 0 aliphatic heterocycles. The molecule has 0 spiro atoms. The number of carbonyl (C=O) groups is 2. The summed E-state index contributed by atoms with van der Waals surface area (Å²) < 4.78 is 0. The van der Waals surface area contributed by atoms with Crippen molar-refractivity contribution in [2.75, 3.05) is 0 Å². The number of hydrogen-bond donors (Lipinski definition) is 2. The van der Waals surface area contributed by atoms with Crippen molar-refractivity contribution in [3.05, 3.63) is 70.8 Å². The predicted octanol–water partition coefficient (Wildman–Crippen LogP) is 3.59. The van der Waals surface area contributed by atoms with Crippen molar-refractivity contribution in [2.24, 2.45) is 11.8 Å². The monoisotopic (exact) mass is 324 g/mol. The minimum Gasteiger partial charge on any atom is -0.481 e. The number of benzene rings is 2. The van der Waals surface area contributed by atoms with Crippen LogP contribution in [0.1, 0.15) is 34.1 Å². The van der Waals surface area contributed by atoms with Crippen molar-refractivity contribution < 1.29 is 19.8 Å². The molecule has 1 saturated carbocycles. The number of carboxylic acids is 2. The summed E-state index contributed by atoms with van der Waals surface area (Å²) in [5.74, 6) is -4.35. The first-order chi connectivity index (χ1) is 11.4. The van der Waals surface area contributed by atoms with E-state index in [1.165, 1.54) is 0 Å². The molecule has 3 rings (SSSR count). The molecule has 4 heteroatoms. The lowest BCUT2D eigenvalue weighted by Crippen LogP contribution is -2.51. The molecule has 0 radical (unpaired) electrons. The van der Waals surface area contributed by atoms with Crippen molar-refractivity contribution >= 4 is 11.9 Å². The van der Waals surface area contributed by atoms with E-state index >= 15 is 0 Å². The van der Waals surface area contributed by atoms with E-state index in [1.54, 1.807) is 0 Å². The SMILES string of the molecule is Cc1ccccc1C1C(C(=O)O)C(c2ccccc2C)C1C(=O)O. The fourth-order valence-electron chi connectivity index (χ4n) is 4.06. The van der Waals surface area contributed by atoms with E-state index in [0.29, 0.717) is 0 Å². The van der Waals surface area contributed by atoms with Gasteiger partial charge < -0.3 is 10.2 Å². The number of rotatable bonds is 4. The average Bonchev–Trinajstić information content (AvgIpc) is 2.49. The van der Waals surface area contributed by atoms with Gasteiger partial charge in [0.1, 0.15) is 0 Å². The largest absolute Gasteiger partial charge is 0.481 e. The molecule has 0 amide bonds. The topological polar surface area (TPSA) is 74.6 Å². The maximum Gasteiger partial charge on any atom is 0.307 e. The Hall–Kier alpha value is -2.62. The molecule has 1 aliphatic carbocycles. The lowest BCUT2D eigenvalue weighted by Gasteiger charge is -2.49. The standard InChI is InChI=1S/C20H20O4/c1-11-7-3-5-9-13(11)15-17(19(21)22)16(18(15)20(23)24)14-10-6-4-8-12(14)2/h3-10,15-18H,1-2H3,(H,21,22)(H,23,24). The molecule has 1 fully saturated rings. The second kappa shape index (κ2) is 6.11. The average molecular weight is 324 g/mol. The smallest absolute Gasteiger partial charge is 0.307 e. The van der Waals surface area contributed by atoms with Crippen LogP contribution >= 0.6 is 0 Å². The Morgan fingerprint density at radius 1 is 0.708 bits per heavy atom. The second-order valence-electron chi connectivity index (χ2n) is 6.49. The molecule has 0 heterocycles. The Morgan fingerprint density at radius 2 is 1.04 bits per heavy atom. The van der Waals surface area contributed by atoms with Gasteiger partial charge in [0.05, 0.1) is 11.8 Å². The highest BCUT2D eigenvalue weighted by molar-refractivity contribution is 5.84. The molecule has 0 unspecified atom stereocenters. The molecule has 24 heavy (non-hydrogen) atoms. The minimum atomic E-state index is -0.936. The Morgan fingerprint density at radius 3 is 1.33 bits per heavy atom. The number of aliphatic carboxylic acids is 2. The van der Waals surface area contributed by atoms with E-state index < -0.39 is 35.6 Å². The van der Waals surface area contributed by atoms with Gasteiger partial charge in [-0.3, -0.25) is 9.59 Å². The van der Waals surface area contributed by atoms with E-state index in [2.05, 4.69) is 0 Å². The van der Waals surface area contributed by atoms with Crippen LogP contribution < -0.4 is 0 Å². The zero-order valence-corrected chi connectivity index (χ0v) is 13.6. The first-order valence-corrected chi connectivity index (χ1v) is 8.00. The van der Waals surface area contributed by atoms with Crippen LogP contribution in [0.2, 0.25) is 0 Å². The third kappa shape index (κ3) is 2.48. The molecule has 2 aromatic rings. The van der Waals surface area contributed by atoms with E-state index in [0.717, 1.165) is 22.3 Å². The molecule has 2 aromatic carbocycles. The first kappa shape index (κ1) is 16.2. The molecule has 0 saturated heterocycles. The molecule has 0 aromatic heterocycles. The van der Waals surface area contributed by atoms with Crippen molar-refractivity contribution in [1.29, 1.82) is 0 Å². The molecule has 1 aliphatic rings. The fourth-order valence-corrected chi connectivity index (χ4v) is 4.06. The Kier molecular flexibility index (Phi) is 4.14. The van der Waals surface area contributed by atoms with E-state index in [-0.39, 0.29) is 0 Å². The zero-order valence-electron chi connectivity index (χ0n) is 13.6. The molecular formula is C20H20O4. The summed E-state index contributed by atoms with van der Waals surface area (Å²) in [6.07, 6.45) is 0. The van der Waals surface area contributed by atoms with Crippen LogP contribution in [0, 0.1) is 25.7 Å². The van der Waals surface area contributed by atoms with Gasteiger partial charge in [-0.15, -0.1) is 0 Å². The van der Waals surface area contributed by atoms with E-state index in [9.17, 15) is 19.8 Å². The zero-order chi connectivity index (χ0) is 17.4. The van der Waals surface area contributed by atoms with Gasteiger partial charge in [0, 0.05) is 11.8 Å². The van der Waals surface area contributed by atoms with Gasteiger partial charge in [0.2, 0.25) is 0 Å². The fraction of sp³-hybridized carbons (Fsp3) is 0.300. The maximum atomic E-state index is 11.9. The second-order valence-corrected chi connectivity index (χ2v) is 6.49. The lowest BCUT2D eigenvalue weighted by atomic mass is 9.51. The number of carboxylic acid groups (broad SMARTS) is 2. The van der Waals surface area contributed by atoms with Crippen LogP contribution in [0.15, 0.2) is 48.5 Å². The Labute approximate surface area is 140 Å². The van der Waals surface area contributed by atoms with Gasteiger partial charge in [-0.2, -0.15) is 0 Å². The molecule has 4 nitrogen and oxygen atoms in total. The van der Waals surface area contributed by atoms with Crippen LogP contribution in [-0.2, 0) is 9.59 Å². The van der Waals surface area contributed by atoms with Gasteiger partial charge in [0.25, 0.3) is 0 Å². The third-order valence-corrected chi connectivity index (χ3v) is 5.21. The van der Waals surface area contributed by atoms with Gasteiger partial charge in [-0.1, -0.05) is 48.5 Å². The van der Waals surface area contributed by atoms with Gasteiger partial charge in [-0.05, 0) is 36.1 Å². The number of hydrogen-bond acceptors (Lipinski definition) is 2. The van der Waals surface area contributed by atoms with E-state index in [4.69, 9.17) is 0 Å². The van der Waals surface area contributed by atoms with Gasteiger partial charge >= 0.3 is 11.9 Å². The maximum absolute atomic E-state index is 11.9. The van der Waals surface area contributed by atoms with Crippen LogP contribution in [0.5, 0.6) is 0 Å². The summed E-state index contributed by atoms with van der Waals surface area (Å²) in [7, 11) is 0. The summed E-state index contributed by atoms with van der Waals surface area (Å²) in [6, 6.07) is 14.9. The van der Waals surface area contributed by atoms with Crippen molar-refractivity contribution in [3.8, 4) is 0 Å². The highest BCUT2D eigenvalue weighted by atomic mass is 16.4. The molecule has 2 N–H and O–H groups in total. The first-order valence-electron chi connectivity index (χ1n) is 8.00. The summed E-state index contributed by atoms with van der Waals surface area (Å²) >= 11 is 0. The Bertz CT molecular complexity index is 720. The molecule has 0 bridgehead atoms.